The maximum absolute atomic E-state index is 12.7. The normalized spacial score (nSPS) is 11.3. The largest absolute Gasteiger partial charge is 0.444 e. The zero-order chi connectivity index (χ0) is 19.9. The molecule has 0 saturated carbocycles. The highest BCUT2D eigenvalue weighted by Crippen LogP contribution is 2.29. The molecule has 6 nitrogen and oxygen atoms in total. The number of alkyl halides is 3. The number of anilines is 1. The predicted octanol–water partition coefficient (Wildman–Crippen LogP) is 4.41. The molecule has 0 aliphatic heterocycles. The standard InChI is InChI=1S/C18H20F3N3O3/c1-13(25)5-2-3-8-24-11-16(10-22-24)23-17(26)27-12-14-6-4-7-15(9-14)18(19,20)21/h4,6-7,9-11H,2-3,5,8,12H2,1H3,(H,23,26). The van der Waals surface area contributed by atoms with Crippen LogP contribution in [0.4, 0.5) is 23.7 Å². The van der Waals surface area contributed by atoms with Crippen LogP contribution in [0, 0.1) is 0 Å². The number of ketones is 1. The molecule has 0 spiro atoms. The van der Waals surface area contributed by atoms with Gasteiger partial charge in [0, 0.05) is 19.2 Å². The van der Waals surface area contributed by atoms with Crippen LogP contribution in [0.5, 0.6) is 0 Å². The second-order valence-electron chi connectivity index (χ2n) is 6.05. The minimum Gasteiger partial charge on any atom is -0.444 e. The number of Topliss-reactive ketones (excluding diaryl/α,β-unsaturated/α-hetero) is 1. The Hall–Kier alpha value is -2.84. The summed E-state index contributed by atoms with van der Waals surface area (Å²) in [7, 11) is 0. The zero-order valence-electron chi connectivity index (χ0n) is 14.8. The van der Waals surface area contributed by atoms with Crippen LogP contribution in [0.25, 0.3) is 0 Å². The van der Waals surface area contributed by atoms with Crippen molar-refractivity contribution in [3.63, 3.8) is 0 Å². The molecule has 0 radical (unpaired) electrons. The van der Waals surface area contributed by atoms with Crippen molar-refractivity contribution < 1.29 is 27.5 Å². The number of carbonyl (C=O) groups excluding carboxylic acids is 2. The van der Waals surface area contributed by atoms with Gasteiger partial charge < -0.3 is 9.53 Å². The third-order valence-corrected chi connectivity index (χ3v) is 3.67. The summed E-state index contributed by atoms with van der Waals surface area (Å²) in [4.78, 5) is 22.7. The maximum Gasteiger partial charge on any atom is 0.416 e. The Morgan fingerprint density at radius 2 is 2.04 bits per heavy atom. The number of nitrogens with one attached hydrogen (secondary N) is 1. The van der Waals surface area contributed by atoms with Gasteiger partial charge in [-0.25, -0.2) is 4.79 Å². The predicted molar refractivity (Wildman–Crippen MR) is 92.0 cm³/mol. The van der Waals surface area contributed by atoms with Crippen molar-refractivity contribution in [3.8, 4) is 0 Å². The van der Waals surface area contributed by atoms with E-state index in [1.807, 2.05) is 0 Å². The van der Waals surface area contributed by atoms with Gasteiger partial charge >= 0.3 is 12.3 Å². The van der Waals surface area contributed by atoms with Gasteiger partial charge in [-0.2, -0.15) is 18.3 Å². The fraction of sp³-hybridized carbons (Fsp3) is 0.389. The molecule has 2 aromatic rings. The molecule has 1 amide bonds. The lowest BCUT2D eigenvalue weighted by Crippen LogP contribution is -2.13. The molecule has 9 heteroatoms. The molecule has 0 saturated heterocycles. The van der Waals surface area contributed by atoms with Crippen molar-refractivity contribution in [1.82, 2.24) is 9.78 Å². The highest BCUT2D eigenvalue weighted by molar-refractivity contribution is 5.84. The molecule has 0 aliphatic rings. The Morgan fingerprint density at radius 3 is 2.74 bits per heavy atom. The van der Waals surface area contributed by atoms with Gasteiger partial charge in [0.1, 0.15) is 12.4 Å². The van der Waals surface area contributed by atoms with Gasteiger partial charge in [-0.15, -0.1) is 0 Å². The summed E-state index contributed by atoms with van der Waals surface area (Å²) in [5.74, 6) is 0.140. The van der Waals surface area contributed by atoms with Crippen molar-refractivity contribution in [2.75, 3.05) is 5.32 Å². The number of benzene rings is 1. The molecule has 1 heterocycles. The second-order valence-corrected chi connectivity index (χ2v) is 6.05. The topological polar surface area (TPSA) is 73.2 Å². The molecule has 0 bridgehead atoms. The first kappa shape index (κ1) is 20.5. The Bertz CT molecular complexity index is 787. The Kier molecular flexibility index (Phi) is 6.98. The van der Waals surface area contributed by atoms with E-state index in [4.69, 9.17) is 4.74 Å². The molecule has 0 atom stereocenters. The minimum atomic E-state index is -4.45. The summed E-state index contributed by atoms with van der Waals surface area (Å²) < 4.78 is 44.6. The van der Waals surface area contributed by atoms with Gasteiger partial charge in [-0.05, 0) is 37.5 Å². The number of aryl methyl sites for hydroxylation is 1. The molecular weight excluding hydrogens is 363 g/mol. The molecule has 0 fully saturated rings. The van der Waals surface area contributed by atoms with E-state index in [9.17, 15) is 22.8 Å². The summed E-state index contributed by atoms with van der Waals surface area (Å²) >= 11 is 0. The molecule has 146 valence electrons. The molecule has 1 aromatic heterocycles. The third-order valence-electron chi connectivity index (χ3n) is 3.67. The number of ether oxygens (including phenoxy) is 1. The number of unbranched alkanes of at least 4 members (excludes halogenated alkanes) is 1. The number of rotatable bonds is 8. The molecule has 0 unspecified atom stereocenters. The lowest BCUT2D eigenvalue weighted by Gasteiger charge is -2.09. The van der Waals surface area contributed by atoms with Gasteiger partial charge in [-0.1, -0.05) is 12.1 Å². The van der Waals surface area contributed by atoms with Crippen molar-refractivity contribution in [2.45, 2.75) is 45.5 Å². The fourth-order valence-electron chi connectivity index (χ4n) is 2.34. The molecular formula is C18H20F3N3O3. The SMILES string of the molecule is CC(=O)CCCCn1cc(NC(=O)OCc2cccc(C(F)(F)F)c2)cn1. The smallest absolute Gasteiger partial charge is 0.416 e. The Labute approximate surface area is 154 Å². The van der Waals surface area contributed by atoms with Crippen LogP contribution in [0.15, 0.2) is 36.7 Å². The van der Waals surface area contributed by atoms with Gasteiger partial charge in [0.15, 0.2) is 0 Å². The van der Waals surface area contributed by atoms with Gasteiger partial charge in [0.2, 0.25) is 0 Å². The number of halogens is 3. The first-order valence-electron chi connectivity index (χ1n) is 8.36. The van der Waals surface area contributed by atoms with E-state index in [0.29, 0.717) is 18.7 Å². The number of aromatic nitrogens is 2. The molecule has 0 aliphatic carbocycles. The van der Waals surface area contributed by atoms with E-state index >= 15 is 0 Å². The fourth-order valence-corrected chi connectivity index (χ4v) is 2.34. The molecule has 1 N–H and O–H groups in total. The zero-order valence-corrected chi connectivity index (χ0v) is 14.8. The van der Waals surface area contributed by atoms with Crippen molar-refractivity contribution in [1.29, 1.82) is 0 Å². The summed E-state index contributed by atoms with van der Waals surface area (Å²) in [6.45, 7) is 1.87. The van der Waals surface area contributed by atoms with E-state index in [0.717, 1.165) is 25.0 Å². The van der Waals surface area contributed by atoms with Crippen LogP contribution in [0.2, 0.25) is 0 Å². The first-order chi connectivity index (χ1) is 12.7. The molecule has 1 aromatic carbocycles. The van der Waals surface area contributed by atoms with Crippen LogP contribution >= 0.6 is 0 Å². The van der Waals surface area contributed by atoms with Crippen LogP contribution < -0.4 is 5.32 Å². The summed E-state index contributed by atoms with van der Waals surface area (Å²) in [5, 5.41) is 6.54. The number of amides is 1. The summed E-state index contributed by atoms with van der Waals surface area (Å²) in [5.41, 5.74) is -0.146. The van der Waals surface area contributed by atoms with Crippen LogP contribution in [0.1, 0.15) is 37.3 Å². The molecule has 27 heavy (non-hydrogen) atoms. The highest BCUT2D eigenvalue weighted by Gasteiger charge is 2.30. The quantitative estimate of drug-likeness (QED) is 0.686. The Balaban J connectivity index is 1.78. The lowest BCUT2D eigenvalue weighted by atomic mass is 10.1. The summed E-state index contributed by atoms with van der Waals surface area (Å²) in [6, 6.07) is 4.60. The van der Waals surface area contributed by atoms with Crippen molar-refractivity contribution in [2.24, 2.45) is 0 Å². The number of hydrogen-bond donors (Lipinski definition) is 1. The van der Waals surface area contributed by atoms with E-state index in [-0.39, 0.29) is 18.0 Å². The van der Waals surface area contributed by atoms with E-state index in [1.54, 1.807) is 17.8 Å². The van der Waals surface area contributed by atoms with Gasteiger partial charge in [-0.3, -0.25) is 10.00 Å². The minimum absolute atomic E-state index is 0.140. The average molecular weight is 383 g/mol. The third kappa shape index (κ3) is 7.12. The highest BCUT2D eigenvalue weighted by atomic mass is 19.4. The monoisotopic (exact) mass is 383 g/mol. The van der Waals surface area contributed by atoms with E-state index in [2.05, 4.69) is 10.4 Å². The van der Waals surface area contributed by atoms with E-state index in [1.165, 1.54) is 18.3 Å². The number of hydrogen-bond acceptors (Lipinski definition) is 4. The van der Waals surface area contributed by atoms with Gasteiger partial charge in [0.05, 0.1) is 17.4 Å². The van der Waals surface area contributed by atoms with Gasteiger partial charge in [0.25, 0.3) is 0 Å². The first-order valence-corrected chi connectivity index (χ1v) is 8.36. The molecule has 2 rings (SSSR count). The van der Waals surface area contributed by atoms with Crippen LogP contribution in [-0.4, -0.2) is 21.7 Å². The maximum atomic E-state index is 12.7. The Morgan fingerprint density at radius 1 is 1.26 bits per heavy atom. The number of carbonyl (C=O) groups is 2. The van der Waals surface area contributed by atoms with Crippen LogP contribution in [-0.2, 0) is 28.9 Å². The number of nitrogens with zero attached hydrogens (tertiary/aromatic N) is 2. The van der Waals surface area contributed by atoms with Crippen molar-refractivity contribution in [3.05, 3.63) is 47.8 Å². The lowest BCUT2D eigenvalue weighted by molar-refractivity contribution is -0.137. The second kappa shape index (κ2) is 9.20. The van der Waals surface area contributed by atoms with E-state index < -0.39 is 17.8 Å². The van der Waals surface area contributed by atoms with Crippen LogP contribution in [0.3, 0.4) is 0 Å². The average Bonchev–Trinajstić information content (AvgIpc) is 3.03. The van der Waals surface area contributed by atoms with Crippen molar-refractivity contribution >= 4 is 17.6 Å². The summed E-state index contributed by atoms with van der Waals surface area (Å²) in [6.07, 6.45) is -0.123.